The van der Waals surface area contributed by atoms with Crippen molar-refractivity contribution >= 4 is 5.91 Å². The van der Waals surface area contributed by atoms with Crippen molar-refractivity contribution in [3.8, 4) is 0 Å². The van der Waals surface area contributed by atoms with Gasteiger partial charge in [-0.25, -0.2) is 0 Å². The fourth-order valence-electron chi connectivity index (χ4n) is 7.19. The minimum absolute atomic E-state index is 0.0785. The molecule has 0 spiro atoms. The number of nitrogens with one attached hydrogen (secondary N) is 1. The van der Waals surface area contributed by atoms with Gasteiger partial charge in [0.25, 0.3) is 0 Å². The van der Waals surface area contributed by atoms with Crippen LogP contribution in [0, 0.1) is 0 Å². The summed E-state index contributed by atoms with van der Waals surface area (Å²) in [6, 6.07) is -0.644. The molecule has 1 amide bonds. The number of aliphatic hydroxyl groups excluding tert-OH is 2. The van der Waals surface area contributed by atoms with Crippen LogP contribution in [0.2, 0.25) is 0 Å². The molecule has 0 aromatic heterocycles. The Hall–Kier alpha value is -1.91. The minimum atomic E-state index is -0.868. The maximum Gasteiger partial charge on any atom is 0.220 e. The maximum absolute atomic E-state index is 12.4. The Balaban J connectivity index is 3.44. The molecule has 2 unspecified atom stereocenters. The van der Waals surface area contributed by atoms with Crippen molar-refractivity contribution in [3.63, 3.8) is 0 Å². The number of carbonyl (C=O) groups is 1. The van der Waals surface area contributed by atoms with Crippen molar-refractivity contribution in [3.05, 3.63) is 60.8 Å². The predicted octanol–water partition coefficient (Wildman–Crippen LogP) is 15.7. The van der Waals surface area contributed by atoms with E-state index >= 15 is 0 Å². The Morgan fingerprint density at radius 1 is 0.429 bits per heavy atom. The van der Waals surface area contributed by atoms with Gasteiger partial charge in [0.05, 0.1) is 18.8 Å². The molecule has 0 heterocycles. The number of aliphatic hydroxyl groups is 2. The second-order valence-electron chi connectivity index (χ2n) is 16.5. The summed E-state index contributed by atoms with van der Waals surface area (Å²) >= 11 is 0. The molecule has 326 valence electrons. The van der Waals surface area contributed by atoms with E-state index in [0.717, 1.165) is 51.4 Å². The van der Waals surface area contributed by atoms with E-state index in [-0.39, 0.29) is 12.5 Å². The fraction of sp³-hybridized carbons (Fsp3) is 0.788. The maximum atomic E-state index is 12.4. The first-order chi connectivity index (χ1) is 27.7. The normalized spacial score (nSPS) is 13.4. The lowest BCUT2D eigenvalue weighted by Crippen LogP contribution is -2.45. The standard InChI is InChI=1S/C52H95NO3/c1-3-5-7-9-11-13-15-16-17-18-19-20-21-22-23-24-25-26-27-28-29-30-31-32-33-34-35-36-38-40-42-44-46-48-52(56)53-50(49-54)51(55)47-45-43-41-39-37-14-12-10-8-6-4-2/h8,10,15-16,18-19,37,39,45,47,50-51,54-55H,3-7,9,11-14,17,20-36,38,40-44,46,48-49H2,1-2H3,(H,53,56)/b10-8+,16-15-,19-18-,39-37+,47-45+. The van der Waals surface area contributed by atoms with Crippen LogP contribution in [0.15, 0.2) is 60.8 Å². The number of allylic oxidation sites excluding steroid dienone is 9. The smallest absolute Gasteiger partial charge is 0.220 e. The summed E-state index contributed by atoms with van der Waals surface area (Å²) < 4.78 is 0. The molecule has 0 bridgehead atoms. The Morgan fingerprint density at radius 3 is 1.20 bits per heavy atom. The van der Waals surface area contributed by atoms with Gasteiger partial charge >= 0.3 is 0 Å². The average Bonchev–Trinajstić information content (AvgIpc) is 3.20. The van der Waals surface area contributed by atoms with Gasteiger partial charge < -0.3 is 15.5 Å². The average molecular weight is 782 g/mol. The third kappa shape index (κ3) is 43.2. The summed E-state index contributed by atoms with van der Waals surface area (Å²) in [6.07, 6.45) is 66.6. The summed E-state index contributed by atoms with van der Waals surface area (Å²) in [6.45, 7) is 4.21. The van der Waals surface area contributed by atoms with Gasteiger partial charge in [0.2, 0.25) is 5.91 Å². The van der Waals surface area contributed by atoms with Crippen LogP contribution in [-0.2, 0) is 4.79 Å². The minimum Gasteiger partial charge on any atom is -0.394 e. The topological polar surface area (TPSA) is 69.6 Å². The molecule has 2 atom stereocenters. The molecule has 56 heavy (non-hydrogen) atoms. The Labute approximate surface area is 349 Å². The monoisotopic (exact) mass is 782 g/mol. The van der Waals surface area contributed by atoms with Crippen molar-refractivity contribution in [2.24, 2.45) is 0 Å². The molecule has 4 nitrogen and oxygen atoms in total. The second kappa shape index (κ2) is 47.5. The van der Waals surface area contributed by atoms with Gasteiger partial charge in [-0.3, -0.25) is 4.79 Å². The summed E-state index contributed by atoms with van der Waals surface area (Å²) in [5, 5.41) is 22.9. The number of amides is 1. The van der Waals surface area contributed by atoms with Crippen LogP contribution in [0.3, 0.4) is 0 Å². The highest BCUT2D eigenvalue weighted by molar-refractivity contribution is 5.76. The number of carbonyl (C=O) groups excluding carboxylic acids is 1. The van der Waals surface area contributed by atoms with Crippen molar-refractivity contribution in [2.45, 2.75) is 257 Å². The van der Waals surface area contributed by atoms with Crippen LogP contribution in [0.5, 0.6) is 0 Å². The summed E-state index contributed by atoms with van der Waals surface area (Å²) in [5.41, 5.74) is 0. The highest BCUT2D eigenvalue weighted by Crippen LogP contribution is 2.16. The van der Waals surface area contributed by atoms with Crippen molar-refractivity contribution in [1.82, 2.24) is 5.32 Å². The van der Waals surface area contributed by atoms with Crippen LogP contribution in [0.1, 0.15) is 245 Å². The highest BCUT2D eigenvalue weighted by atomic mass is 16.3. The Bertz CT molecular complexity index is 934. The fourth-order valence-corrected chi connectivity index (χ4v) is 7.19. The number of rotatable bonds is 44. The lowest BCUT2D eigenvalue weighted by atomic mass is 10.0. The lowest BCUT2D eigenvalue weighted by Gasteiger charge is -2.19. The zero-order valence-electron chi connectivity index (χ0n) is 37.4. The molecule has 0 aliphatic carbocycles. The predicted molar refractivity (Wildman–Crippen MR) is 248 cm³/mol. The molecule has 0 saturated heterocycles. The van der Waals surface area contributed by atoms with Crippen molar-refractivity contribution < 1.29 is 15.0 Å². The Morgan fingerprint density at radius 2 is 0.786 bits per heavy atom. The lowest BCUT2D eigenvalue weighted by molar-refractivity contribution is -0.123. The van der Waals surface area contributed by atoms with Crippen LogP contribution in [0.4, 0.5) is 0 Å². The molecule has 0 aliphatic heterocycles. The first-order valence-corrected chi connectivity index (χ1v) is 24.5. The first kappa shape index (κ1) is 54.1. The van der Waals surface area contributed by atoms with Gasteiger partial charge in [-0.15, -0.1) is 0 Å². The molecule has 0 aromatic rings. The van der Waals surface area contributed by atoms with Crippen LogP contribution >= 0.6 is 0 Å². The van der Waals surface area contributed by atoms with Gasteiger partial charge in [0.15, 0.2) is 0 Å². The third-order valence-corrected chi connectivity index (χ3v) is 10.9. The number of hydrogen-bond acceptors (Lipinski definition) is 3. The molecule has 0 radical (unpaired) electrons. The van der Waals surface area contributed by atoms with E-state index in [0.29, 0.717) is 6.42 Å². The van der Waals surface area contributed by atoms with Crippen molar-refractivity contribution in [1.29, 1.82) is 0 Å². The molecule has 0 aromatic carbocycles. The zero-order chi connectivity index (χ0) is 40.7. The van der Waals surface area contributed by atoms with Gasteiger partial charge in [-0.1, -0.05) is 229 Å². The van der Waals surface area contributed by atoms with Crippen LogP contribution in [0.25, 0.3) is 0 Å². The van der Waals surface area contributed by atoms with E-state index in [2.05, 4.69) is 67.8 Å². The summed E-state index contributed by atoms with van der Waals surface area (Å²) in [4.78, 5) is 12.4. The largest absolute Gasteiger partial charge is 0.394 e. The van der Waals surface area contributed by atoms with E-state index in [1.165, 1.54) is 173 Å². The van der Waals surface area contributed by atoms with Crippen LogP contribution < -0.4 is 5.32 Å². The van der Waals surface area contributed by atoms with Crippen LogP contribution in [-0.4, -0.2) is 34.9 Å². The molecular formula is C52H95NO3. The molecule has 3 N–H and O–H groups in total. The van der Waals surface area contributed by atoms with Crippen molar-refractivity contribution in [2.75, 3.05) is 6.61 Å². The molecule has 0 saturated carbocycles. The molecule has 0 fully saturated rings. The van der Waals surface area contributed by atoms with E-state index in [9.17, 15) is 15.0 Å². The summed E-state index contributed by atoms with van der Waals surface area (Å²) in [5.74, 6) is -0.0785. The van der Waals surface area contributed by atoms with E-state index in [1.54, 1.807) is 6.08 Å². The van der Waals surface area contributed by atoms with Gasteiger partial charge in [0.1, 0.15) is 0 Å². The van der Waals surface area contributed by atoms with Gasteiger partial charge in [0, 0.05) is 6.42 Å². The molecular weight excluding hydrogens is 687 g/mol. The second-order valence-corrected chi connectivity index (χ2v) is 16.5. The third-order valence-electron chi connectivity index (χ3n) is 10.9. The molecule has 0 rings (SSSR count). The van der Waals surface area contributed by atoms with E-state index in [4.69, 9.17) is 0 Å². The first-order valence-electron chi connectivity index (χ1n) is 24.5. The quantitative estimate of drug-likeness (QED) is 0.0426. The number of hydrogen-bond donors (Lipinski definition) is 3. The Kier molecular flexibility index (Phi) is 45.8. The zero-order valence-corrected chi connectivity index (χ0v) is 37.4. The molecule has 4 heteroatoms. The van der Waals surface area contributed by atoms with Gasteiger partial charge in [-0.2, -0.15) is 0 Å². The summed E-state index contributed by atoms with van der Waals surface area (Å²) in [7, 11) is 0. The number of unbranched alkanes of at least 4 members (excludes halogenated alkanes) is 29. The van der Waals surface area contributed by atoms with E-state index < -0.39 is 12.1 Å². The highest BCUT2D eigenvalue weighted by Gasteiger charge is 2.17. The SMILES string of the molecule is CCC/C=C/CC/C=C/CC/C=C/C(O)C(CO)NC(=O)CCCCCCCCCCCCCCCCCCCCCCC/C=C\C/C=C\CCCCCCC. The van der Waals surface area contributed by atoms with E-state index in [1.807, 2.05) is 6.08 Å². The van der Waals surface area contributed by atoms with Gasteiger partial charge in [-0.05, 0) is 70.6 Å². The molecule has 0 aliphatic rings.